The van der Waals surface area contributed by atoms with E-state index >= 15 is 0 Å². The first kappa shape index (κ1) is 34.3. The first-order valence-corrected chi connectivity index (χ1v) is 15.2. The summed E-state index contributed by atoms with van der Waals surface area (Å²) in [6, 6.07) is 13.3. The Bertz CT molecular complexity index is 1620. The number of esters is 1. The Morgan fingerprint density at radius 1 is 1.09 bits per heavy atom. The molecule has 12 nitrogen and oxygen atoms in total. The molecule has 0 saturated carbocycles. The van der Waals surface area contributed by atoms with Gasteiger partial charge in [-0.15, -0.1) is 0 Å². The van der Waals surface area contributed by atoms with Crippen LogP contribution in [-0.2, 0) is 16.1 Å². The number of methoxy groups -OCH3 is 2. The Hall–Kier alpha value is -4.57. The van der Waals surface area contributed by atoms with Crippen molar-refractivity contribution >= 4 is 40.8 Å². The van der Waals surface area contributed by atoms with Crippen molar-refractivity contribution in [2.45, 2.75) is 32.7 Å². The minimum atomic E-state index is -1.21. The molecule has 0 saturated heterocycles. The highest BCUT2D eigenvalue weighted by molar-refractivity contribution is 14.1. The van der Waals surface area contributed by atoms with E-state index in [2.05, 4.69) is 43.8 Å². The Labute approximate surface area is 279 Å². The number of rotatable bonds is 14. The molecule has 46 heavy (non-hydrogen) atoms. The third kappa shape index (κ3) is 8.78. The van der Waals surface area contributed by atoms with Gasteiger partial charge in [0.25, 0.3) is 0 Å². The highest BCUT2D eigenvalue weighted by atomic mass is 127. The molecule has 3 aromatic rings. The van der Waals surface area contributed by atoms with E-state index in [-0.39, 0.29) is 24.6 Å². The smallest absolute Gasteiger partial charge is 0.337 e. The van der Waals surface area contributed by atoms with Gasteiger partial charge in [0.15, 0.2) is 29.2 Å². The molecule has 3 aromatic carbocycles. The molecular weight excluding hydrogens is 714 g/mol. The van der Waals surface area contributed by atoms with Crippen LogP contribution in [-0.4, -0.2) is 57.0 Å². The molecule has 1 heterocycles. The largest absolute Gasteiger partial charge is 0.493 e. The lowest BCUT2D eigenvalue weighted by Gasteiger charge is -2.28. The van der Waals surface area contributed by atoms with E-state index in [9.17, 15) is 19.1 Å². The number of hydrogen-bond donors (Lipinski definition) is 4. The number of halogens is 2. The summed E-state index contributed by atoms with van der Waals surface area (Å²) in [6.07, 6.45) is 0.273. The van der Waals surface area contributed by atoms with Crippen molar-refractivity contribution in [2.75, 3.05) is 27.4 Å². The molecule has 0 radical (unpaired) electrons. The molecule has 0 spiro atoms. The number of hydrogen-bond acceptors (Lipinski definition) is 10. The zero-order valence-electron chi connectivity index (χ0n) is 25.6. The Balaban J connectivity index is 1.44. The number of amides is 2. The van der Waals surface area contributed by atoms with Crippen LogP contribution in [0.5, 0.6) is 23.0 Å². The van der Waals surface area contributed by atoms with Crippen molar-refractivity contribution in [3.05, 3.63) is 91.9 Å². The summed E-state index contributed by atoms with van der Waals surface area (Å²) in [4.78, 5) is 24.6. The van der Waals surface area contributed by atoms with Crippen molar-refractivity contribution < 1.29 is 42.8 Å². The second-order valence-corrected chi connectivity index (χ2v) is 11.1. The zero-order chi connectivity index (χ0) is 33.2. The van der Waals surface area contributed by atoms with E-state index in [1.54, 1.807) is 44.2 Å². The van der Waals surface area contributed by atoms with Crippen LogP contribution in [0.2, 0.25) is 0 Å². The Kier molecular flexibility index (Phi) is 12.0. The minimum Gasteiger partial charge on any atom is -0.493 e. The van der Waals surface area contributed by atoms with Crippen LogP contribution in [0, 0.1) is 9.39 Å². The molecule has 2 amide bonds. The maximum Gasteiger partial charge on any atom is 0.337 e. The summed E-state index contributed by atoms with van der Waals surface area (Å²) < 4.78 is 42.2. The lowest BCUT2D eigenvalue weighted by Crippen LogP contribution is -2.45. The molecule has 0 fully saturated rings. The van der Waals surface area contributed by atoms with Crippen LogP contribution in [0.3, 0.4) is 0 Å². The molecule has 2 atom stereocenters. The van der Waals surface area contributed by atoms with Crippen molar-refractivity contribution in [3.8, 4) is 23.0 Å². The molecule has 4 N–H and O–H groups in total. The number of nitrogens with zero attached hydrogens (tertiary/aromatic N) is 1. The van der Waals surface area contributed by atoms with Gasteiger partial charge in [0.05, 0.1) is 38.7 Å². The van der Waals surface area contributed by atoms with Crippen molar-refractivity contribution in [1.82, 2.24) is 16.1 Å². The first-order valence-electron chi connectivity index (χ1n) is 14.1. The molecule has 0 aromatic heterocycles. The van der Waals surface area contributed by atoms with E-state index in [1.807, 2.05) is 12.1 Å². The maximum atomic E-state index is 13.3. The number of carbonyl (C=O) groups excluding carboxylic acids is 2. The van der Waals surface area contributed by atoms with E-state index < -0.39 is 24.3 Å². The number of urea groups is 1. The average Bonchev–Trinajstić information content (AvgIpc) is 3.03. The molecule has 244 valence electrons. The molecule has 0 bridgehead atoms. The van der Waals surface area contributed by atoms with Crippen molar-refractivity contribution in [3.63, 3.8) is 0 Å². The predicted molar refractivity (Wildman–Crippen MR) is 175 cm³/mol. The second-order valence-electron chi connectivity index (χ2n) is 9.86. The number of aliphatic hydroxyl groups is 1. The average molecular weight is 749 g/mol. The SMILES string of the molecule is CCOc1cc([C@@H]2NC(=O)NC(C)=C2C(=O)OC)ccc1OC[C@H](O)N/N=C/c1cc(I)cc(OC)c1OCc1ccc(F)cc1. The van der Waals surface area contributed by atoms with Gasteiger partial charge in [-0.05, 0) is 84.0 Å². The fourth-order valence-corrected chi connectivity index (χ4v) is 5.16. The van der Waals surface area contributed by atoms with Gasteiger partial charge in [0.1, 0.15) is 19.0 Å². The number of allylic oxidation sites excluding steroid dienone is 1. The predicted octanol–water partition coefficient (Wildman–Crippen LogP) is 4.54. The molecule has 1 aliphatic rings. The summed E-state index contributed by atoms with van der Waals surface area (Å²) in [7, 11) is 2.79. The van der Waals surface area contributed by atoms with E-state index in [0.717, 1.165) is 9.13 Å². The van der Waals surface area contributed by atoms with Crippen LogP contribution in [0.25, 0.3) is 0 Å². The topological polar surface area (TPSA) is 149 Å². The van der Waals surface area contributed by atoms with Gasteiger partial charge in [-0.1, -0.05) is 18.2 Å². The second kappa shape index (κ2) is 16.1. The monoisotopic (exact) mass is 748 g/mol. The summed E-state index contributed by atoms with van der Waals surface area (Å²) in [5.41, 5.74) is 5.18. The van der Waals surface area contributed by atoms with Gasteiger partial charge in [-0.25, -0.2) is 14.0 Å². The number of aliphatic hydroxyl groups excluding tert-OH is 1. The Morgan fingerprint density at radius 3 is 2.54 bits per heavy atom. The summed E-state index contributed by atoms with van der Waals surface area (Å²) in [6.45, 7) is 3.71. The quantitative estimate of drug-likeness (QED) is 0.0614. The van der Waals surface area contributed by atoms with Gasteiger partial charge in [0.2, 0.25) is 0 Å². The van der Waals surface area contributed by atoms with E-state index in [4.69, 9.17) is 23.7 Å². The fourth-order valence-electron chi connectivity index (χ4n) is 4.54. The lowest BCUT2D eigenvalue weighted by atomic mass is 9.95. The third-order valence-electron chi connectivity index (χ3n) is 6.66. The van der Waals surface area contributed by atoms with Crippen LogP contribution >= 0.6 is 22.6 Å². The van der Waals surface area contributed by atoms with Crippen molar-refractivity contribution in [2.24, 2.45) is 5.10 Å². The van der Waals surface area contributed by atoms with E-state index in [1.165, 1.54) is 32.6 Å². The Morgan fingerprint density at radius 2 is 1.85 bits per heavy atom. The summed E-state index contributed by atoms with van der Waals surface area (Å²) in [5, 5.41) is 20.0. The number of benzene rings is 3. The van der Waals surface area contributed by atoms with Gasteiger partial charge in [-0.2, -0.15) is 5.10 Å². The molecule has 1 aliphatic heterocycles. The highest BCUT2D eigenvalue weighted by Crippen LogP contribution is 2.35. The van der Waals surface area contributed by atoms with Gasteiger partial charge >= 0.3 is 12.0 Å². The van der Waals surface area contributed by atoms with Crippen LogP contribution in [0.4, 0.5) is 9.18 Å². The van der Waals surface area contributed by atoms with Gasteiger partial charge in [0, 0.05) is 14.8 Å². The third-order valence-corrected chi connectivity index (χ3v) is 7.29. The normalized spacial score (nSPS) is 15.1. The summed E-state index contributed by atoms with van der Waals surface area (Å²) in [5.74, 6) is 0.666. The maximum absolute atomic E-state index is 13.3. The van der Waals surface area contributed by atoms with Crippen molar-refractivity contribution in [1.29, 1.82) is 0 Å². The molecule has 0 unspecified atom stereocenters. The molecule has 0 aliphatic carbocycles. The van der Waals surface area contributed by atoms with E-state index in [0.29, 0.717) is 46.4 Å². The number of carbonyl (C=O) groups is 2. The lowest BCUT2D eigenvalue weighted by molar-refractivity contribution is -0.136. The minimum absolute atomic E-state index is 0.173. The zero-order valence-corrected chi connectivity index (χ0v) is 27.7. The first-order chi connectivity index (χ1) is 22.1. The molecule has 4 rings (SSSR count). The summed E-state index contributed by atoms with van der Waals surface area (Å²) >= 11 is 2.14. The number of ether oxygens (including phenoxy) is 5. The molecular formula is C32H34FIN4O8. The van der Waals surface area contributed by atoms with Crippen LogP contribution < -0.4 is 35.0 Å². The standard InChI is InChI=1S/C32H34FIN4O8/c1-5-44-25-13-20(29-28(31(40)43-4)18(2)36-32(41)37-29)8-11-24(25)45-17-27(39)38-35-15-21-12-23(34)14-26(42-3)30(21)46-16-19-6-9-22(33)10-7-19/h6-15,27,29,38-39H,5,16-17H2,1-4H3,(H2,36,37,41)/b35-15+/t27-,29-/m0/s1. The van der Waals surface area contributed by atoms with Crippen LogP contribution in [0.1, 0.15) is 36.6 Å². The van der Waals surface area contributed by atoms with Crippen LogP contribution in [0.15, 0.2) is 71.0 Å². The fraction of sp³-hybridized carbons (Fsp3) is 0.281. The molecule has 14 heteroatoms. The van der Waals surface area contributed by atoms with Gasteiger partial charge in [-0.3, -0.25) is 5.43 Å². The van der Waals surface area contributed by atoms with Gasteiger partial charge < -0.3 is 39.4 Å². The number of hydrazone groups is 1. The number of nitrogens with one attached hydrogen (secondary N) is 3. The highest BCUT2D eigenvalue weighted by Gasteiger charge is 2.32.